The van der Waals surface area contributed by atoms with Gasteiger partial charge in [0.25, 0.3) is 0 Å². The van der Waals surface area contributed by atoms with E-state index < -0.39 is 0 Å². The molecule has 0 unspecified atom stereocenters. The van der Waals surface area contributed by atoms with E-state index in [0.29, 0.717) is 5.92 Å². The number of hydrogen-bond donors (Lipinski definition) is 0. The molecule has 0 fully saturated rings. The molecule has 0 saturated carbocycles. The van der Waals surface area contributed by atoms with Crippen LogP contribution in [0.4, 0.5) is 0 Å². The van der Waals surface area contributed by atoms with E-state index in [-0.39, 0.29) is 6.10 Å². The van der Waals surface area contributed by atoms with Crippen LogP contribution in [0.5, 0.6) is 0 Å². The van der Waals surface area contributed by atoms with Crippen molar-refractivity contribution in [1.82, 2.24) is 0 Å². The maximum Gasteiger partial charge on any atom is 0.0796 e. The van der Waals surface area contributed by atoms with Crippen LogP contribution in [0.15, 0.2) is 28.7 Å². The normalized spacial score (nSPS) is 13.2. The predicted molar refractivity (Wildman–Crippen MR) is 63.3 cm³/mol. The minimum Gasteiger partial charge on any atom is -0.374 e. The molecule has 0 aromatic heterocycles. The minimum absolute atomic E-state index is 0.186. The molecular formula is C12H17BrO. The van der Waals surface area contributed by atoms with E-state index in [2.05, 4.69) is 48.8 Å². The first kappa shape index (κ1) is 11.7. The Morgan fingerprint density at radius 3 is 2.21 bits per heavy atom. The Labute approximate surface area is 94.6 Å². The van der Waals surface area contributed by atoms with Crippen LogP contribution in [0.25, 0.3) is 0 Å². The molecular weight excluding hydrogens is 240 g/mol. The lowest BCUT2D eigenvalue weighted by Gasteiger charge is -2.15. The first-order valence-electron chi connectivity index (χ1n) is 4.96. The quantitative estimate of drug-likeness (QED) is 0.786. The summed E-state index contributed by atoms with van der Waals surface area (Å²) in [5.41, 5.74) is 1.23. The highest BCUT2D eigenvalue weighted by molar-refractivity contribution is 9.10. The number of benzene rings is 1. The average molecular weight is 257 g/mol. The summed E-state index contributed by atoms with van der Waals surface area (Å²) in [6.45, 7) is 7.23. The van der Waals surface area contributed by atoms with Gasteiger partial charge in [-0.1, -0.05) is 41.9 Å². The van der Waals surface area contributed by atoms with Crippen LogP contribution in [0, 0.1) is 5.92 Å². The van der Waals surface area contributed by atoms with Crippen molar-refractivity contribution in [2.75, 3.05) is 6.61 Å². The van der Waals surface area contributed by atoms with Gasteiger partial charge in [-0.2, -0.15) is 0 Å². The molecule has 0 amide bonds. The second-order valence-corrected chi connectivity index (χ2v) is 4.84. The summed E-state index contributed by atoms with van der Waals surface area (Å²) in [6.07, 6.45) is 0.186. The van der Waals surface area contributed by atoms with Gasteiger partial charge in [0.1, 0.15) is 0 Å². The summed E-state index contributed by atoms with van der Waals surface area (Å²) in [4.78, 5) is 0. The predicted octanol–water partition coefficient (Wildman–Crippen LogP) is 4.18. The molecule has 0 N–H and O–H groups in total. The Bertz CT molecular complexity index is 266. The maximum absolute atomic E-state index is 5.71. The molecule has 0 radical (unpaired) electrons. The summed E-state index contributed by atoms with van der Waals surface area (Å²) in [7, 11) is 0. The second kappa shape index (κ2) is 5.52. The minimum atomic E-state index is 0.186. The van der Waals surface area contributed by atoms with E-state index in [1.165, 1.54) is 5.56 Å². The fraction of sp³-hybridized carbons (Fsp3) is 0.500. The van der Waals surface area contributed by atoms with Crippen molar-refractivity contribution in [1.29, 1.82) is 0 Å². The second-order valence-electron chi connectivity index (χ2n) is 3.92. The van der Waals surface area contributed by atoms with Crippen LogP contribution in [-0.4, -0.2) is 6.61 Å². The molecule has 1 aromatic carbocycles. The first-order chi connectivity index (χ1) is 6.59. The lowest BCUT2D eigenvalue weighted by atomic mass is 10.1. The van der Waals surface area contributed by atoms with Gasteiger partial charge in [-0.15, -0.1) is 0 Å². The molecule has 14 heavy (non-hydrogen) atoms. The van der Waals surface area contributed by atoms with Crippen LogP contribution in [0.2, 0.25) is 0 Å². The van der Waals surface area contributed by atoms with Gasteiger partial charge in [0.15, 0.2) is 0 Å². The smallest absolute Gasteiger partial charge is 0.0796 e. The standard InChI is InChI=1S/C12H17BrO/c1-9(2)8-14-10(3)11-4-6-12(13)7-5-11/h4-7,9-10H,8H2,1-3H3/t10-/m1/s1. The number of halogens is 1. The molecule has 0 aliphatic carbocycles. The van der Waals surface area contributed by atoms with E-state index in [0.717, 1.165) is 11.1 Å². The Kier molecular flexibility index (Phi) is 4.63. The summed E-state index contributed by atoms with van der Waals surface area (Å²) >= 11 is 3.42. The van der Waals surface area contributed by atoms with Crippen molar-refractivity contribution >= 4 is 15.9 Å². The van der Waals surface area contributed by atoms with Crippen LogP contribution >= 0.6 is 15.9 Å². The average Bonchev–Trinajstić information content (AvgIpc) is 2.15. The molecule has 1 nitrogen and oxygen atoms in total. The highest BCUT2D eigenvalue weighted by Crippen LogP contribution is 2.19. The summed E-state index contributed by atoms with van der Waals surface area (Å²) < 4.78 is 6.82. The van der Waals surface area contributed by atoms with Gasteiger partial charge >= 0.3 is 0 Å². The van der Waals surface area contributed by atoms with Crippen LogP contribution < -0.4 is 0 Å². The monoisotopic (exact) mass is 256 g/mol. The fourth-order valence-corrected chi connectivity index (χ4v) is 1.43. The van der Waals surface area contributed by atoms with Gasteiger partial charge in [-0.25, -0.2) is 0 Å². The summed E-state index contributed by atoms with van der Waals surface area (Å²) in [5, 5.41) is 0. The van der Waals surface area contributed by atoms with Gasteiger partial charge in [0, 0.05) is 11.1 Å². The van der Waals surface area contributed by atoms with Crippen molar-refractivity contribution < 1.29 is 4.74 Å². The van der Waals surface area contributed by atoms with Crippen molar-refractivity contribution in [3.8, 4) is 0 Å². The van der Waals surface area contributed by atoms with Crippen LogP contribution in [0.3, 0.4) is 0 Å². The molecule has 0 bridgehead atoms. The van der Waals surface area contributed by atoms with E-state index in [9.17, 15) is 0 Å². The molecule has 1 aromatic rings. The Hall–Kier alpha value is -0.340. The molecule has 0 aliphatic heterocycles. The Morgan fingerprint density at radius 2 is 1.71 bits per heavy atom. The van der Waals surface area contributed by atoms with Crippen molar-refractivity contribution in [3.63, 3.8) is 0 Å². The van der Waals surface area contributed by atoms with Crippen molar-refractivity contribution in [3.05, 3.63) is 34.3 Å². The zero-order valence-corrected chi connectivity index (χ0v) is 10.5. The third-order valence-electron chi connectivity index (χ3n) is 2.02. The zero-order chi connectivity index (χ0) is 10.6. The largest absolute Gasteiger partial charge is 0.374 e. The molecule has 1 rings (SSSR count). The Balaban J connectivity index is 2.52. The van der Waals surface area contributed by atoms with Gasteiger partial charge < -0.3 is 4.74 Å². The van der Waals surface area contributed by atoms with Gasteiger partial charge in [0.2, 0.25) is 0 Å². The number of rotatable bonds is 4. The Morgan fingerprint density at radius 1 is 1.14 bits per heavy atom. The van der Waals surface area contributed by atoms with Crippen molar-refractivity contribution in [2.24, 2.45) is 5.92 Å². The highest BCUT2D eigenvalue weighted by atomic mass is 79.9. The third kappa shape index (κ3) is 3.81. The summed E-state index contributed by atoms with van der Waals surface area (Å²) in [5.74, 6) is 0.591. The van der Waals surface area contributed by atoms with E-state index in [1.807, 2.05) is 12.1 Å². The SMILES string of the molecule is CC(C)CO[C@H](C)c1ccc(Br)cc1. The fourth-order valence-electron chi connectivity index (χ4n) is 1.17. The lowest BCUT2D eigenvalue weighted by molar-refractivity contribution is 0.0470. The molecule has 0 saturated heterocycles. The third-order valence-corrected chi connectivity index (χ3v) is 2.55. The van der Waals surface area contributed by atoms with Crippen LogP contribution in [0.1, 0.15) is 32.4 Å². The maximum atomic E-state index is 5.71. The molecule has 0 aliphatic rings. The van der Waals surface area contributed by atoms with E-state index in [1.54, 1.807) is 0 Å². The van der Waals surface area contributed by atoms with E-state index in [4.69, 9.17) is 4.74 Å². The number of hydrogen-bond acceptors (Lipinski definition) is 1. The van der Waals surface area contributed by atoms with Crippen molar-refractivity contribution in [2.45, 2.75) is 26.9 Å². The molecule has 0 heterocycles. The van der Waals surface area contributed by atoms with Gasteiger partial charge in [-0.3, -0.25) is 0 Å². The molecule has 0 spiro atoms. The van der Waals surface area contributed by atoms with Gasteiger partial charge in [0.05, 0.1) is 6.10 Å². The molecule has 78 valence electrons. The topological polar surface area (TPSA) is 9.23 Å². The van der Waals surface area contributed by atoms with Crippen LogP contribution in [-0.2, 0) is 4.74 Å². The lowest BCUT2D eigenvalue weighted by Crippen LogP contribution is -2.06. The molecule has 2 heteroatoms. The zero-order valence-electron chi connectivity index (χ0n) is 8.96. The van der Waals surface area contributed by atoms with E-state index >= 15 is 0 Å². The number of ether oxygens (including phenoxy) is 1. The first-order valence-corrected chi connectivity index (χ1v) is 5.76. The van der Waals surface area contributed by atoms with Gasteiger partial charge in [-0.05, 0) is 30.5 Å². The molecule has 1 atom stereocenters. The summed E-state index contributed by atoms with van der Waals surface area (Å²) in [6, 6.07) is 8.28. The highest BCUT2D eigenvalue weighted by Gasteiger charge is 2.05.